The second-order valence-electron chi connectivity index (χ2n) is 4.63. The molecule has 0 aliphatic carbocycles. The fourth-order valence-corrected chi connectivity index (χ4v) is 2.74. The van der Waals surface area contributed by atoms with Crippen molar-refractivity contribution >= 4 is 23.2 Å². The molecular weight excluding hydrogens is 252 g/mol. The second-order valence-corrected chi connectivity index (χ2v) is 5.04. The van der Waals surface area contributed by atoms with Crippen molar-refractivity contribution in [3.05, 3.63) is 29.3 Å². The summed E-state index contributed by atoms with van der Waals surface area (Å²) in [5.74, 6) is -0.0224. The van der Waals surface area contributed by atoms with Gasteiger partial charge < -0.3 is 5.32 Å². The van der Waals surface area contributed by atoms with E-state index in [9.17, 15) is 4.79 Å². The average molecular weight is 267 g/mol. The first kappa shape index (κ1) is 11.8. The topological polar surface area (TPSA) is 56.4 Å². The number of halogens is 1. The van der Waals surface area contributed by atoms with Crippen molar-refractivity contribution in [3.8, 4) is 0 Å². The first-order valence-corrected chi connectivity index (χ1v) is 6.38. The number of hydrogen-bond donors (Lipinski definition) is 3. The molecule has 5 nitrogen and oxygen atoms in total. The minimum Gasteiger partial charge on any atom is -0.341 e. The van der Waals surface area contributed by atoms with Crippen LogP contribution in [0.5, 0.6) is 0 Å². The number of anilines is 1. The molecule has 3 atom stereocenters. The molecule has 96 valence electrons. The van der Waals surface area contributed by atoms with Gasteiger partial charge in [-0.15, -0.1) is 0 Å². The molecule has 1 aromatic rings. The molecule has 0 spiro atoms. The van der Waals surface area contributed by atoms with Crippen molar-refractivity contribution in [2.45, 2.75) is 19.3 Å². The van der Waals surface area contributed by atoms with Gasteiger partial charge in [-0.1, -0.05) is 23.7 Å². The number of carbonyl (C=O) groups is 1. The Morgan fingerprint density at radius 1 is 1.39 bits per heavy atom. The van der Waals surface area contributed by atoms with Gasteiger partial charge in [-0.3, -0.25) is 15.1 Å². The summed E-state index contributed by atoms with van der Waals surface area (Å²) in [6.07, 6.45) is -0.0997. The molecule has 6 heteroatoms. The predicted molar refractivity (Wildman–Crippen MR) is 70.0 cm³/mol. The highest BCUT2D eigenvalue weighted by atomic mass is 35.5. The van der Waals surface area contributed by atoms with Crippen molar-refractivity contribution in [2.75, 3.05) is 11.6 Å². The number of carbonyl (C=O) groups excluding carboxylic acids is 1. The van der Waals surface area contributed by atoms with Crippen molar-refractivity contribution in [1.29, 1.82) is 0 Å². The van der Waals surface area contributed by atoms with Gasteiger partial charge in [0.2, 0.25) is 5.91 Å². The molecule has 1 aromatic carbocycles. The lowest BCUT2D eigenvalue weighted by Gasteiger charge is -2.36. The Labute approximate surface area is 110 Å². The number of nitrogens with one attached hydrogen (secondary N) is 3. The minimum atomic E-state index is -0.0996. The number of benzene rings is 1. The standard InChI is InChI=1S/C12H15ClN4O/c1-7-15-11-8(12(18)16-7)6-14-17(11)10-5-3-2-4-9(10)13/h2-5,7-8,11,14-15H,6H2,1H3,(H,16,18). The van der Waals surface area contributed by atoms with Crippen LogP contribution in [-0.4, -0.2) is 24.8 Å². The number of amides is 1. The number of rotatable bonds is 1. The zero-order valence-electron chi connectivity index (χ0n) is 9.98. The molecule has 3 rings (SSSR count). The van der Waals surface area contributed by atoms with E-state index in [2.05, 4.69) is 16.1 Å². The molecule has 2 saturated heterocycles. The van der Waals surface area contributed by atoms with E-state index in [0.717, 1.165) is 5.69 Å². The third-order valence-electron chi connectivity index (χ3n) is 3.37. The van der Waals surface area contributed by atoms with Crippen molar-refractivity contribution in [1.82, 2.24) is 16.1 Å². The molecule has 0 bridgehead atoms. The number of para-hydroxylation sites is 1. The normalized spacial score (nSPS) is 31.1. The molecule has 0 radical (unpaired) electrons. The van der Waals surface area contributed by atoms with E-state index in [1.165, 1.54) is 0 Å². The van der Waals surface area contributed by atoms with Gasteiger partial charge in [0, 0.05) is 6.54 Å². The summed E-state index contributed by atoms with van der Waals surface area (Å²) in [6, 6.07) is 7.61. The van der Waals surface area contributed by atoms with Crippen LogP contribution >= 0.6 is 11.6 Å². The van der Waals surface area contributed by atoms with Crippen LogP contribution in [0.15, 0.2) is 24.3 Å². The van der Waals surface area contributed by atoms with Gasteiger partial charge in [0.05, 0.1) is 22.8 Å². The van der Waals surface area contributed by atoms with Gasteiger partial charge in [-0.05, 0) is 19.1 Å². The zero-order valence-corrected chi connectivity index (χ0v) is 10.7. The lowest BCUT2D eigenvalue weighted by molar-refractivity contribution is -0.128. The maximum absolute atomic E-state index is 11.9. The molecule has 2 aliphatic rings. The van der Waals surface area contributed by atoms with Crippen LogP contribution in [0.4, 0.5) is 5.69 Å². The Bertz CT molecular complexity index is 481. The second kappa shape index (κ2) is 4.42. The van der Waals surface area contributed by atoms with Crippen LogP contribution in [0.2, 0.25) is 5.02 Å². The Morgan fingerprint density at radius 3 is 2.94 bits per heavy atom. The smallest absolute Gasteiger partial charge is 0.229 e. The van der Waals surface area contributed by atoms with Gasteiger partial charge in [-0.25, -0.2) is 5.43 Å². The molecule has 3 N–H and O–H groups in total. The van der Waals surface area contributed by atoms with E-state index >= 15 is 0 Å². The van der Waals surface area contributed by atoms with Crippen molar-refractivity contribution < 1.29 is 4.79 Å². The van der Waals surface area contributed by atoms with Gasteiger partial charge in [-0.2, -0.15) is 0 Å². The molecule has 2 aliphatic heterocycles. The summed E-state index contributed by atoms with van der Waals surface area (Å²) in [6.45, 7) is 2.54. The van der Waals surface area contributed by atoms with E-state index in [1.54, 1.807) is 0 Å². The van der Waals surface area contributed by atoms with Gasteiger partial charge in [0.1, 0.15) is 6.17 Å². The Morgan fingerprint density at radius 2 is 2.17 bits per heavy atom. The molecular formula is C12H15ClN4O. The largest absolute Gasteiger partial charge is 0.341 e. The van der Waals surface area contributed by atoms with Crippen LogP contribution in [0.25, 0.3) is 0 Å². The maximum Gasteiger partial charge on any atom is 0.229 e. The van der Waals surface area contributed by atoms with Crippen LogP contribution in [0.1, 0.15) is 6.92 Å². The first-order chi connectivity index (χ1) is 8.66. The van der Waals surface area contributed by atoms with E-state index in [-0.39, 0.29) is 24.2 Å². The third kappa shape index (κ3) is 1.84. The van der Waals surface area contributed by atoms with Crippen LogP contribution < -0.4 is 21.1 Å². The number of nitrogens with zero attached hydrogens (tertiary/aromatic N) is 1. The first-order valence-electron chi connectivity index (χ1n) is 6.00. The average Bonchev–Trinajstić information content (AvgIpc) is 2.73. The number of hydrazine groups is 1. The molecule has 2 fully saturated rings. The zero-order chi connectivity index (χ0) is 12.7. The highest BCUT2D eigenvalue weighted by Crippen LogP contribution is 2.30. The molecule has 1 amide bonds. The van der Waals surface area contributed by atoms with Crippen LogP contribution in [0.3, 0.4) is 0 Å². The quantitative estimate of drug-likeness (QED) is 0.700. The van der Waals surface area contributed by atoms with Gasteiger partial charge >= 0.3 is 0 Å². The van der Waals surface area contributed by atoms with E-state index in [4.69, 9.17) is 11.6 Å². The molecule has 18 heavy (non-hydrogen) atoms. The lowest BCUT2D eigenvalue weighted by atomic mass is 10.0. The Hall–Kier alpha value is -1.30. The van der Waals surface area contributed by atoms with Crippen LogP contribution in [-0.2, 0) is 4.79 Å². The monoisotopic (exact) mass is 266 g/mol. The summed E-state index contributed by atoms with van der Waals surface area (Å²) >= 11 is 6.20. The Kier molecular flexibility index (Phi) is 2.89. The number of hydrogen-bond acceptors (Lipinski definition) is 4. The molecule has 0 aromatic heterocycles. The lowest BCUT2D eigenvalue weighted by Crippen LogP contribution is -2.63. The van der Waals surface area contributed by atoms with E-state index < -0.39 is 0 Å². The summed E-state index contributed by atoms with van der Waals surface area (Å²) < 4.78 is 0. The highest BCUT2D eigenvalue weighted by molar-refractivity contribution is 6.33. The number of fused-ring (bicyclic) bond motifs is 1. The maximum atomic E-state index is 11.9. The van der Waals surface area contributed by atoms with Crippen LogP contribution in [0, 0.1) is 5.92 Å². The molecule has 2 heterocycles. The highest BCUT2D eigenvalue weighted by Gasteiger charge is 2.43. The Balaban J connectivity index is 1.91. The van der Waals surface area contributed by atoms with Gasteiger partial charge in [0.15, 0.2) is 0 Å². The van der Waals surface area contributed by atoms with Crippen molar-refractivity contribution in [3.63, 3.8) is 0 Å². The minimum absolute atomic E-state index is 0.0383. The third-order valence-corrected chi connectivity index (χ3v) is 3.69. The summed E-state index contributed by atoms with van der Waals surface area (Å²) in [5.41, 5.74) is 4.12. The van der Waals surface area contributed by atoms with E-state index in [0.29, 0.717) is 11.6 Å². The van der Waals surface area contributed by atoms with E-state index in [1.807, 2.05) is 36.2 Å². The SMILES string of the molecule is CC1NC(=O)C2CNN(c3ccccc3Cl)C2N1. The molecule has 3 unspecified atom stereocenters. The molecule has 0 saturated carbocycles. The van der Waals surface area contributed by atoms with Crippen molar-refractivity contribution in [2.24, 2.45) is 5.92 Å². The summed E-state index contributed by atoms with van der Waals surface area (Å²) in [7, 11) is 0. The van der Waals surface area contributed by atoms with Gasteiger partial charge in [0.25, 0.3) is 0 Å². The summed E-state index contributed by atoms with van der Waals surface area (Å²) in [5, 5.41) is 8.86. The summed E-state index contributed by atoms with van der Waals surface area (Å²) in [4.78, 5) is 11.9. The predicted octanol–water partition coefficient (Wildman–Crippen LogP) is 0.672. The fourth-order valence-electron chi connectivity index (χ4n) is 2.51. The fraction of sp³-hybridized carbons (Fsp3) is 0.417.